The average Bonchev–Trinajstić information content (AvgIpc) is 2.37. The molecule has 21 heavy (non-hydrogen) atoms. The van der Waals surface area contributed by atoms with Crippen LogP contribution < -0.4 is 5.32 Å². The van der Waals surface area contributed by atoms with Gasteiger partial charge < -0.3 is 20.3 Å². The van der Waals surface area contributed by atoms with Crippen LogP contribution >= 0.6 is 0 Å². The lowest BCUT2D eigenvalue weighted by atomic mass is 9.82. The van der Waals surface area contributed by atoms with E-state index in [9.17, 15) is 15.0 Å². The van der Waals surface area contributed by atoms with Gasteiger partial charge in [0.05, 0.1) is 6.04 Å². The van der Waals surface area contributed by atoms with E-state index in [0.29, 0.717) is 12.3 Å². The van der Waals surface area contributed by atoms with E-state index in [1.165, 1.54) is 19.3 Å². The Labute approximate surface area is 128 Å². The molecule has 3 N–H and O–H groups in total. The minimum absolute atomic E-state index is 0.167. The molecule has 1 unspecified atom stereocenters. The number of nitrogens with one attached hydrogen (secondary N) is 1. The lowest BCUT2D eigenvalue weighted by Gasteiger charge is -2.35. The fourth-order valence-electron chi connectivity index (χ4n) is 2.82. The maximum atomic E-state index is 11.9. The zero-order valence-corrected chi connectivity index (χ0v) is 13.8. The van der Waals surface area contributed by atoms with Crippen LogP contribution in [-0.2, 0) is 4.74 Å². The molecule has 0 bridgehead atoms. The first-order valence-electron chi connectivity index (χ1n) is 8.08. The third kappa shape index (κ3) is 6.66. The highest BCUT2D eigenvalue weighted by atomic mass is 16.6. The summed E-state index contributed by atoms with van der Waals surface area (Å²) in [7, 11) is 0. The topological polar surface area (TPSA) is 78.8 Å². The summed E-state index contributed by atoms with van der Waals surface area (Å²) in [4.78, 5) is 11.9. The normalized spacial score (nSPS) is 19.1. The molecule has 1 amide bonds. The monoisotopic (exact) mass is 301 g/mol. The average molecular weight is 301 g/mol. The van der Waals surface area contributed by atoms with Crippen molar-refractivity contribution in [1.82, 2.24) is 5.32 Å². The van der Waals surface area contributed by atoms with E-state index >= 15 is 0 Å². The molecule has 1 aliphatic carbocycles. The molecule has 0 saturated heterocycles. The predicted molar refractivity (Wildman–Crippen MR) is 81.8 cm³/mol. The molecule has 1 atom stereocenters. The lowest BCUT2D eigenvalue weighted by Crippen LogP contribution is -2.54. The molecule has 1 fully saturated rings. The second-order valence-electron chi connectivity index (χ2n) is 7.17. The summed E-state index contributed by atoms with van der Waals surface area (Å²) < 4.78 is 5.22. The molecule has 0 aromatic carbocycles. The minimum atomic E-state index is -1.89. The molecule has 0 heterocycles. The van der Waals surface area contributed by atoms with Crippen molar-refractivity contribution in [2.24, 2.45) is 5.92 Å². The summed E-state index contributed by atoms with van der Waals surface area (Å²) in [5.41, 5.74) is -0.598. The molecule has 124 valence electrons. The smallest absolute Gasteiger partial charge is 0.408 e. The summed E-state index contributed by atoms with van der Waals surface area (Å²) in [6, 6.07) is -0.694. The third-order valence-corrected chi connectivity index (χ3v) is 4.06. The summed E-state index contributed by atoms with van der Waals surface area (Å²) in [6.45, 7) is 7.06. The fourth-order valence-corrected chi connectivity index (χ4v) is 2.82. The van der Waals surface area contributed by atoms with Gasteiger partial charge in [-0.3, -0.25) is 0 Å². The number of hydrogen-bond acceptors (Lipinski definition) is 4. The Morgan fingerprint density at radius 2 is 1.81 bits per heavy atom. The Hall–Kier alpha value is -0.810. The van der Waals surface area contributed by atoms with E-state index in [1.807, 2.05) is 0 Å². The summed E-state index contributed by atoms with van der Waals surface area (Å²) in [6.07, 6.45) is 5.94. The first kappa shape index (κ1) is 18.2. The van der Waals surface area contributed by atoms with Crippen LogP contribution in [0.4, 0.5) is 4.79 Å². The Morgan fingerprint density at radius 1 is 1.24 bits per heavy atom. The van der Waals surface area contributed by atoms with Crippen molar-refractivity contribution in [3.63, 3.8) is 0 Å². The lowest BCUT2D eigenvalue weighted by molar-refractivity contribution is -0.187. The second-order valence-corrected chi connectivity index (χ2v) is 7.17. The molecule has 0 aromatic heterocycles. The number of carbonyl (C=O) groups is 1. The highest BCUT2D eigenvalue weighted by Crippen LogP contribution is 2.30. The van der Waals surface area contributed by atoms with Gasteiger partial charge in [0.1, 0.15) is 5.60 Å². The quantitative estimate of drug-likeness (QED) is 0.682. The summed E-state index contributed by atoms with van der Waals surface area (Å²) >= 11 is 0. The maximum Gasteiger partial charge on any atom is 0.408 e. The Morgan fingerprint density at radius 3 is 2.29 bits per heavy atom. The van der Waals surface area contributed by atoms with Crippen molar-refractivity contribution >= 4 is 6.09 Å². The zero-order chi connectivity index (χ0) is 16.1. The van der Waals surface area contributed by atoms with Crippen LogP contribution in [-0.4, -0.2) is 33.7 Å². The Kier molecular flexibility index (Phi) is 6.47. The molecule has 1 aliphatic rings. The number of rotatable bonds is 5. The molecule has 5 nitrogen and oxygen atoms in total. The van der Waals surface area contributed by atoms with Crippen LogP contribution in [0.1, 0.15) is 72.6 Å². The zero-order valence-electron chi connectivity index (χ0n) is 13.8. The number of carbonyl (C=O) groups excluding carboxylic acids is 1. The molecule has 1 saturated carbocycles. The van der Waals surface area contributed by atoms with Crippen molar-refractivity contribution in [1.29, 1.82) is 0 Å². The van der Waals surface area contributed by atoms with Gasteiger partial charge in [-0.2, -0.15) is 0 Å². The first-order chi connectivity index (χ1) is 9.64. The SMILES string of the molecule is CCC(O)(O)C(CC1CCCCC1)NC(=O)OC(C)(C)C. The summed E-state index contributed by atoms with van der Waals surface area (Å²) in [5.74, 6) is -1.46. The van der Waals surface area contributed by atoms with Gasteiger partial charge in [0, 0.05) is 6.42 Å². The molecule has 0 spiro atoms. The molecule has 1 rings (SSSR count). The first-order valence-corrected chi connectivity index (χ1v) is 8.08. The molecular formula is C16H31NO4. The van der Waals surface area contributed by atoms with E-state index in [2.05, 4.69) is 5.32 Å². The molecular weight excluding hydrogens is 270 g/mol. The minimum Gasteiger partial charge on any atom is -0.444 e. The van der Waals surface area contributed by atoms with E-state index in [0.717, 1.165) is 12.8 Å². The van der Waals surface area contributed by atoms with Gasteiger partial charge in [0.15, 0.2) is 5.79 Å². The molecule has 0 aliphatic heterocycles. The standard InChI is InChI=1S/C16H31NO4/c1-5-16(19,20)13(11-12-9-7-6-8-10-12)17-14(18)21-15(2,3)4/h12-13,19-20H,5-11H2,1-4H3,(H,17,18). The number of ether oxygens (including phenoxy) is 1. The van der Waals surface area contributed by atoms with E-state index in [-0.39, 0.29) is 6.42 Å². The third-order valence-electron chi connectivity index (χ3n) is 4.06. The second kappa shape index (κ2) is 7.45. The predicted octanol–water partition coefficient (Wildman–Crippen LogP) is 2.94. The van der Waals surface area contributed by atoms with Crippen LogP contribution in [0.3, 0.4) is 0 Å². The molecule has 5 heteroatoms. The van der Waals surface area contributed by atoms with Crippen LogP contribution in [0.5, 0.6) is 0 Å². The van der Waals surface area contributed by atoms with Crippen LogP contribution in [0.15, 0.2) is 0 Å². The summed E-state index contributed by atoms with van der Waals surface area (Å²) in [5, 5.41) is 22.9. The van der Waals surface area contributed by atoms with Crippen LogP contribution in [0.2, 0.25) is 0 Å². The van der Waals surface area contributed by atoms with Gasteiger partial charge >= 0.3 is 6.09 Å². The van der Waals surface area contributed by atoms with Crippen molar-refractivity contribution in [2.45, 2.75) is 90.1 Å². The van der Waals surface area contributed by atoms with Gasteiger partial charge in [0.2, 0.25) is 0 Å². The van der Waals surface area contributed by atoms with Crippen molar-refractivity contribution < 1.29 is 19.7 Å². The fraction of sp³-hybridized carbons (Fsp3) is 0.938. The van der Waals surface area contributed by atoms with Crippen molar-refractivity contribution in [3.8, 4) is 0 Å². The number of alkyl carbamates (subject to hydrolysis) is 1. The van der Waals surface area contributed by atoms with Gasteiger partial charge in [-0.25, -0.2) is 4.79 Å². The molecule has 0 radical (unpaired) electrons. The van der Waals surface area contributed by atoms with Crippen LogP contribution in [0, 0.1) is 5.92 Å². The van der Waals surface area contributed by atoms with E-state index in [1.54, 1.807) is 27.7 Å². The Balaban J connectivity index is 2.66. The highest BCUT2D eigenvalue weighted by Gasteiger charge is 2.36. The van der Waals surface area contributed by atoms with Gasteiger partial charge in [-0.05, 0) is 33.1 Å². The van der Waals surface area contributed by atoms with Crippen LogP contribution in [0.25, 0.3) is 0 Å². The van der Waals surface area contributed by atoms with Gasteiger partial charge in [-0.1, -0.05) is 39.0 Å². The number of aliphatic hydroxyl groups is 2. The molecule has 0 aromatic rings. The van der Waals surface area contributed by atoms with Gasteiger partial charge in [0.25, 0.3) is 0 Å². The van der Waals surface area contributed by atoms with E-state index < -0.39 is 23.5 Å². The van der Waals surface area contributed by atoms with Gasteiger partial charge in [-0.15, -0.1) is 0 Å². The number of amides is 1. The largest absolute Gasteiger partial charge is 0.444 e. The van der Waals surface area contributed by atoms with Crippen molar-refractivity contribution in [3.05, 3.63) is 0 Å². The Bertz CT molecular complexity index is 330. The number of hydrogen-bond donors (Lipinski definition) is 3. The van der Waals surface area contributed by atoms with E-state index in [4.69, 9.17) is 4.74 Å². The highest BCUT2D eigenvalue weighted by molar-refractivity contribution is 5.68. The maximum absolute atomic E-state index is 11.9. The van der Waals surface area contributed by atoms with Crippen molar-refractivity contribution in [2.75, 3.05) is 0 Å².